The maximum absolute atomic E-state index is 10.7. The Hall–Kier alpha value is -0.150. The molecule has 2 unspecified atom stereocenters. The van der Waals surface area contributed by atoms with E-state index in [2.05, 4.69) is 31.4 Å². The van der Waals surface area contributed by atoms with Crippen molar-refractivity contribution in [1.29, 1.82) is 0 Å². The lowest BCUT2D eigenvalue weighted by Crippen LogP contribution is -2.41. The van der Waals surface area contributed by atoms with Crippen molar-refractivity contribution in [3.8, 4) is 0 Å². The van der Waals surface area contributed by atoms with Crippen LogP contribution in [0.1, 0.15) is 26.7 Å². The first-order valence-corrected chi connectivity index (χ1v) is 6.46. The number of hydrogen-bond donors (Lipinski definition) is 0. The first-order chi connectivity index (χ1) is 6.60. The van der Waals surface area contributed by atoms with Crippen LogP contribution in [-0.4, -0.2) is 15.8 Å². The van der Waals surface area contributed by atoms with Crippen LogP contribution < -0.4 is 0 Å². The Balaban J connectivity index is 2.16. The quantitative estimate of drug-likeness (QED) is 0.672. The summed E-state index contributed by atoms with van der Waals surface area (Å²) >= 11 is 3.64. The predicted octanol–water partition coefficient (Wildman–Crippen LogP) is 3.37. The molecule has 0 fully saturated rings. The summed E-state index contributed by atoms with van der Waals surface area (Å²) in [5.74, 6) is 0. The largest absolute Gasteiger partial charge is 0.297 e. The molecule has 0 saturated carbocycles. The van der Waals surface area contributed by atoms with E-state index in [4.69, 9.17) is 0 Å². The molecule has 0 bridgehead atoms. The van der Waals surface area contributed by atoms with Crippen LogP contribution in [0.25, 0.3) is 0 Å². The lowest BCUT2D eigenvalue weighted by atomic mass is 9.88. The molecule has 0 aromatic heterocycles. The van der Waals surface area contributed by atoms with E-state index in [0.29, 0.717) is 0 Å². The Kier molecular flexibility index (Phi) is 2.56. The van der Waals surface area contributed by atoms with Gasteiger partial charge in [-0.25, -0.2) is 0 Å². The van der Waals surface area contributed by atoms with Crippen LogP contribution in [0.2, 0.25) is 0 Å². The fourth-order valence-corrected chi connectivity index (χ4v) is 4.38. The van der Waals surface area contributed by atoms with Crippen molar-refractivity contribution < 1.29 is 4.79 Å². The highest BCUT2D eigenvalue weighted by Gasteiger charge is 2.48. The minimum absolute atomic E-state index is 0.178. The van der Waals surface area contributed by atoms with Gasteiger partial charge in [-0.05, 0) is 32.1 Å². The highest BCUT2D eigenvalue weighted by atomic mass is 32.2. The number of rotatable bonds is 2. The van der Waals surface area contributed by atoms with Gasteiger partial charge >= 0.3 is 0 Å². The van der Waals surface area contributed by atoms with E-state index in [-0.39, 0.29) is 9.49 Å². The number of allylic oxidation sites excluding steroid dienone is 3. The van der Waals surface area contributed by atoms with Crippen LogP contribution in [0.5, 0.6) is 0 Å². The van der Waals surface area contributed by atoms with Gasteiger partial charge in [0.2, 0.25) is 0 Å². The molecule has 0 amide bonds. The average Bonchev–Trinajstić information content (AvgIpc) is 2.74. The Morgan fingerprint density at radius 3 is 2.64 bits per heavy atom. The highest BCUT2D eigenvalue weighted by molar-refractivity contribution is 8.08. The number of aldehydes is 1. The van der Waals surface area contributed by atoms with E-state index in [9.17, 15) is 4.79 Å². The maximum atomic E-state index is 10.7. The lowest BCUT2D eigenvalue weighted by Gasteiger charge is -2.40. The SMILES string of the molecule is CC1(C2(C)CC=C(C=O)S2)CC=CS1. The molecule has 76 valence electrons. The molecule has 2 atom stereocenters. The van der Waals surface area contributed by atoms with Crippen molar-refractivity contribution in [3.63, 3.8) is 0 Å². The van der Waals surface area contributed by atoms with Crippen molar-refractivity contribution in [1.82, 2.24) is 0 Å². The third kappa shape index (κ3) is 1.47. The topological polar surface area (TPSA) is 17.1 Å². The zero-order valence-corrected chi connectivity index (χ0v) is 10.1. The van der Waals surface area contributed by atoms with E-state index in [1.54, 1.807) is 11.8 Å². The molecule has 2 heterocycles. The summed E-state index contributed by atoms with van der Waals surface area (Å²) in [6.07, 6.45) is 7.40. The lowest BCUT2D eigenvalue weighted by molar-refractivity contribution is -0.104. The molecule has 0 radical (unpaired) electrons. The monoisotopic (exact) mass is 226 g/mol. The summed E-state index contributed by atoms with van der Waals surface area (Å²) in [7, 11) is 0. The predicted molar refractivity (Wildman–Crippen MR) is 64.5 cm³/mol. The molecular weight excluding hydrogens is 212 g/mol. The van der Waals surface area contributed by atoms with E-state index in [1.807, 2.05) is 11.8 Å². The van der Waals surface area contributed by atoms with Crippen LogP contribution in [0.3, 0.4) is 0 Å². The molecule has 0 aromatic rings. The minimum atomic E-state index is 0.178. The van der Waals surface area contributed by atoms with Crippen molar-refractivity contribution in [2.24, 2.45) is 0 Å². The molecule has 0 aliphatic carbocycles. The Morgan fingerprint density at radius 1 is 1.36 bits per heavy atom. The second-order valence-electron chi connectivity index (χ2n) is 4.19. The van der Waals surface area contributed by atoms with Crippen LogP contribution in [0, 0.1) is 0 Å². The van der Waals surface area contributed by atoms with E-state index >= 15 is 0 Å². The summed E-state index contributed by atoms with van der Waals surface area (Å²) in [6, 6.07) is 0. The molecule has 14 heavy (non-hydrogen) atoms. The van der Waals surface area contributed by atoms with E-state index < -0.39 is 0 Å². The average molecular weight is 226 g/mol. The second-order valence-corrected chi connectivity index (χ2v) is 7.17. The maximum Gasteiger partial charge on any atom is 0.156 e. The Labute approximate surface area is 93.4 Å². The molecule has 0 aromatic carbocycles. The van der Waals surface area contributed by atoms with Crippen LogP contribution in [0.4, 0.5) is 0 Å². The van der Waals surface area contributed by atoms with Crippen molar-refractivity contribution in [2.45, 2.75) is 36.2 Å². The number of hydrogen-bond acceptors (Lipinski definition) is 3. The van der Waals surface area contributed by atoms with Crippen LogP contribution >= 0.6 is 23.5 Å². The molecule has 0 N–H and O–H groups in total. The smallest absolute Gasteiger partial charge is 0.156 e. The van der Waals surface area contributed by atoms with Gasteiger partial charge in [-0.2, -0.15) is 0 Å². The fourth-order valence-electron chi connectivity index (χ4n) is 1.89. The van der Waals surface area contributed by atoms with Gasteiger partial charge in [-0.1, -0.05) is 12.2 Å². The summed E-state index contributed by atoms with van der Waals surface area (Å²) in [5, 5.41) is 2.19. The molecular formula is C11H14OS2. The number of carbonyl (C=O) groups is 1. The van der Waals surface area contributed by atoms with Crippen molar-refractivity contribution >= 4 is 29.8 Å². The zero-order chi connectivity index (χ0) is 10.2. The molecule has 2 aliphatic heterocycles. The zero-order valence-electron chi connectivity index (χ0n) is 8.45. The van der Waals surface area contributed by atoms with Gasteiger partial charge in [0.15, 0.2) is 6.29 Å². The van der Waals surface area contributed by atoms with Gasteiger partial charge in [-0.15, -0.1) is 23.5 Å². The van der Waals surface area contributed by atoms with Gasteiger partial charge in [-0.3, -0.25) is 4.79 Å². The Bertz CT molecular complexity index is 311. The Morgan fingerprint density at radius 2 is 2.14 bits per heavy atom. The van der Waals surface area contributed by atoms with E-state index in [0.717, 1.165) is 24.0 Å². The van der Waals surface area contributed by atoms with Gasteiger partial charge < -0.3 is 0 Å². The first kappa shape index (κ1) is 10.4. The van der Waals surface area contributed by atoms with Gasteiger partial charge in [0.1, 0.15) is 0 Å². The molecule has 3 heteroatoms. The van der Waals surface area contributed by atoms with Gasteiger partial charge in [0.05, 0.1) is 0 Å². The third-order valence-electron chi connectivity index (χ3n) is 3.20. The molecule has 2 aliphatic rings. The molecule has 2 rings (SSSR count). The van der Waals surface area contributed by atoms with Gasteiger partial charge in [0, 0.05) is 14.4 Å². The molecule has 0 spiro atoms. The number of thioether (sulfide) groups is 2. The number of carbonyl (C=O) groups excluding carboxylic acids is 1. The highest BCUT2D eigenvalue weighted by Crippen LogP contribution is 2.56. The van der Waals surface area contributed by atoms with Gasteiger partial charge in [0.25, 0.3) is 0 Å². The third-order valence-corrected chi connectivity index (χ3v) is 6.36. The summed E-state index contributed by atoms with van der Waals surface area (Å²) in [4.78, 5) is 11.6. The van der Waals surface area contributed by atoms with E-state index in [1.165, 1.54) is 0 Å². The molecule has 0 saturated heterocycles. The normalized spacial score (nSPS) is 41.4. The minimum Gasteiger partial charge on any atom is -0.297 e. The molecule has 1 nitrogen and oxygen atoms in total. The second kappa shape index (κ2) is 3.46. The summed E-state index contributed by atoms with van der Waals surface area (Å²) < 4.78 is 0.427. The fraction of sp³-hybridized carbons (Fsp3) is 0.545. The van der Waals surface area contributed by atoms with Crippen LogP contribution in [0.15, 0.2) is 22.5 Å². The summed E-state index contributed by atoms with van der Waals surface area (Å²) in [6.45, 7) is 4.57. The first-order valence-electron chi connectivity index (χ1n) is 4.77. The van der Waals surface area contributed by atoms with Crippen molar-refractivity contribution in [3.05, 3.63) is 22.5 Å². The summed E-state index contributed by atoms with van der Waals surface area (Å²) in [5.41, 5.74) is 0. The standard InChI is InChI=1S/C11H14OS2/c1-10(5-3-7-13-10)11(2)6-4-9(8-12)14-11/h3-4,7-8H,5-6H2,1-2H3. The van der Waals surface area contributed by atoms with Crippen molar-refractivity contribution in [2.75, 3.05) is 0 Å². The van der Waals surface area contributed by atoms with Crippen LogP contribution in [-0.2, 0) is 4.79 Å².